The van der Waals surface area contributed by atoms with Gasteiger partial charge < -0.3 is 15.2 Å². The number of halogens is 1. The van der Waals surface area contributed by atoms with Gasteiger partial charge in [-0.3, -0.25) is 0 Å². The normalized spacial score (nSPS) is 12.2. The molecule has 18 heavy (non-hydrogen) atoms. The molecule has 0 aliphatic rings. The number of ether oxygens (including phenoxy) is 1. The van der Waals surface area contributed by atoms with Crippen molar-refractivity contribution < 1.29 is 14.6 Å². The van der Waals surface area contributed by atoms with Crippen molar-refractivity contribution >= 4 is 23.3 Å². The van der Waals surface area contributed by atoms with E-state index < -0.39 is 5.97 Å². The average molecular weight is 272 g/mol. The Labute approximate surface area is 112 Å². The van der Waals surface area contributed by atoms with Crippen molar-refractivity contribution in [1.82, 2.24) is 0 Å². The largest absolute Gasteiger partial charge is 0.478 e. The molecule has 100 valence electrons. The highest BCUT2D eigenvalue weighted by atomic mass is 35.5. The highest BCUT2D eigenvalue weighted by Crippen LogP contribution is 2.22. The van der Waals surface area contributed by atoms with Crippen molar-refractivity contribution in [3.05, 3.63) is 28.8 Å². The van der Waals surface area contributed by atoms with Crippen molar-refractivity contribution in [1.29, 1.82) is 0 Å². The smallest absolute Gasteiger partial charge is 0.337 e. The first kappa shape index (κ1) is 14.8. The molecule has 0 aliphatic carbocycles. The minimum absolute atomic E-state index is 0.0966. The van der Waals surface area contributed by atoms with Crippen LogP contribution in [0.1, 0.15) is 30.1 Å². The monoisotopic (exact) mass is 271 g/mol. The van der Waals surface area contributed by atoms with Crippen LogP contribution in [0.3, 0.4) is 0 Å². The van der Waals surface area contributed by atoms with Gasteiger partial charge in [0.1, 0.15) is 0 Å². The van der Waals surface area contributed by atoms with Gasteiger partial charge in [-0.05, 0) is 24.6 Å². The summed E-state index contributed by atoms with van der Waals surface area (Å²) in [6.45, 7) is 2.61. The summed E-state index contributed by atoms with van der Waals surface area (Å²) >= 11 is 5.80. The lowest BCUT2D eigenvalue weighted by Crippen LogP contribution is -2.25. The van der Waals surface area contributed by atoms with Crippen LogP contribution in [0.2, 0.25) is 5.02 Å². The number of benzene rings is 1. The molecule has 5 heteroatoms. The first-order valence-electron chi connectivity index (χ1n) is 5.86. The molecule has 0 fully saturated rings. The molecule has 1 unspecified atom stereocenters. The SMILES string of the molecule is CCCC(COC)Nc1ccc(Cl)cc1C(=O)O. The van der Waals surface area contributed by atoms with Crippen LogP contribution in [-0.2, 0) is 4.74 Å². The molecule has 1 atom stereocenters. The molecule has 0 heterocycles. The van der Waals surface area contributed by atoms with E-state index in [4.69, 9.17) is 21.4 Å². The van der Waals surface area contributed by atoms with Crippen molar-refractivity contribution in [3.63, 3.8) is 0 Å². The number of rotatable bonds is 7. The van der Waals surface area contributed by atoms with E-state index in [1.54, 1.807) is 19.2 Å². The van der Waals surface area contributed by atoms with Crippen LogP contribution in [0.4, 0.5) is 5.69 Å². The van der Waals surface area contributed by atoms with Crippen molar-refractivity contribution in [2.24, 2.45) is 0 Å². The Balaban J connectivity index is 2.90. The number of nitrogens with one attached hydrogen (secondary N) is 1. The topological polar surface area (TPSA) is 58.6 Å². The second kappa shape index (κ2) is 7.24. The van der Waals surface area contributed by atoms with E-state index >= 15 is 0 Å². The molecule has 4 nitrogen and oxygen atoms in total. The molecule has 1 rings (SSSR count). The molecular formula is C13H18ClNO3. The van der Waals surface area contributed by atoms with Gasteiger partial charge in [0.05, 0.1) is 12.2 Å². The average Bonchev–Trinajstić information content (AvgIpc) is 2.32. The van der Waals surface area contributed by atoms with Gasteiger partial charge in [0.15, 0.2) is 0 Å². The van der Waals surface area contributed by atoms with Crippen LogP contribution in [0.25, 0.3) is 0 Å². The molecule has 0 radical (unpaired) electrons. The number of methoxy groups -OCH3 is 1. The third-order valence-electron chi connectivity index (χ3n) is 2.58. The number of aromatic carboxylic acids is 1. The number of hydrogen-bond donors (Lipinski definition) is 2. The van der Waals surface area contributed by atoms with Crippen LogP contribution in [0.5, 0.6) is 0 Å². The number of hydrogen-bond acceptors (Lipinski definition) is 3. The van der Waals surface area contributed by atoms with E-state index in [2.05, 4.69) is 12.2 Å². The fraction of sp³-hybridized carbons (Fsp3) is 0.462. The molecule has 0 amide bonds. The molecule has 1 aromatic carbocycles. The Kier molecular flexibility index (Phi) is 5.95. The zero-order chi connectivity index (χ0) is 13.5. The third kappa shape index (κ3) is 4.20. The van der Waals surface area contributed by atoms with E-state index in [1.807, 2.05) is 0 Å². The van der Waals surface area contributed by atoms with E-state index in [1.165, 1.54) is 6.07 Å². The Hall–Kier alpha value is -1.26. The zero-order valence-corrected chi connectivity index (χ0v) is 11.3. The predicted octanol–water partition coefficient (Wildman–Crippen LogP) is 3.27. The first-order chi connectivity index (χ1) is 8.58. The molecule has 0 saturated carbocycles. The zero-order valence-electron chi connectivity index (χ0n) is 10.6. The van der Waals surface area contributed by atoms with Crippen LogP contribution in [0.15, 0.2) is 18.2 Å². The summed E-state index contributed by atoms with van der Waals surface area (Å²) in [6.07, 6.45) is 1.91. The lowest BCUT2D eigenvalue weighted by Gasteiger charge is -2.19. The van der Waals surface area contributed by atoms with Gasteiger partial charge in [-0.2, -0.15) is 0 Å². The molecular weight excluding hydrogens is 254 g/mol. The number of anilines is 1. The van der Waals surface area contributed by atoms with Gasteiger partial charge in [-0.1, -0.05) is 24.9 Å². The summed E-state index contributed by atoms with van der Waals surface area (Å²) in [4.78, 5) is 11.1. The summed E-state index contributed by atoms with van der Waals surface area (Å²) in [5, 5.41) is 12.7. The lowest BCUT2D eigenvalue weighted by atomic mass is 10.1. The maximum Gasteiger partial charge on any atom is 0.337 e. The van der Waals surface area contributed by atoms with Gasteiger partial charge in [0.2, 0.25) is 0 Å². The molecule has 0 aliphatic heterocycles. The van der Waals surface area contributed by atoms with Gasteiger partial charge in [-0.25, -0.2) is 4.79 Å². The fourth-order valence-electron chi connectivity index (χ4n) is 1.79. The van der Waals surface area contributed by atoms with E-state index in [0.29, 0.717) is 17.3 Å². The van der Waals surface area contributed by atoms with Crippen molar-refractivity contribution in [2.45, 2.75) is 25.8 Å². The summed E-state index contributed by atoms with van der Waals surface area (Å²) in [5.74, 6) is -0.993. The molecule has 0 spiro atoms. The minimum Gasteiger partial charge on any atom is -0.478 e. The second-order valence-electron chi connectivity index (χ2n) is 4.08. The van der Waals surface area contributed by atoms with Gasteiger partial charge in [0.25, 0.3) is 0 Å². The summed E-state index contributed by atoms with van der Waals surface area (Å²) in [5.41, 5.74) is 0.752. The first-order valence-corrected chi connectivity index (χ1v) is 6.24. The lowest BCUT2D eigenvalue weighted by molar-refractivity contribution is 0.0697. The summed E-state index contributed by atoms with van der Waals surface area (Å²) in [7, 11) is 1.63. The molecule has 0 saturated heterocycles. The van der Waals surface area contributed by atoms with Crippen molar-refractivity contribution in [2.75, 3.05) is 19.0 Å². The predicted molar refractivity (Wildman–Crippen MR) is 72.6 cm³/mol. The maximum absolute atomic E-state index is 11.1. The Bertz CT molecular complexity index is 403. The molecule has 0 bridgehead atoms. The minimum atomic E-state index is -0.993. The fourth-order valence-corrected chi connectivity index (χ4v) is 1.96. The van der Waals surface area contributed by atoms with E-state index in [9.17, 15) is 4.79 Å². The molecule has 2 N–H and O–H groups in total. The van der Waals surface area contributed by atoms with Gasteiger partial charge in [-0.15, -0.1) is 0 Å². The highest BCUT2D eigenvalue weighted by molar-refractivity contribution is 6.31. The number of carboxylic acid groups (broad SMARTS) is 1. The number of carboxylic acids is 1. The summed E-state index contributed by atoms with van der Waals surface area (Å²) < 4.78 is 5.12. The maximum atomic E-state index is 11.1. The van der Waals surface area contributed by atoms with Crippen LogP contribution in [0, 0.1) is 0 Å². The molecule has 1 aromatic rings. The van der Waals surface area contributed by atoms with Gasteiger partial charge >= 0.3 is 5.97 Å². The highest BCUT2D eigenvalue weighted by Gasteiger charge is 2.14. The summed E-state index contributed by atoms with van der Waals surface area (Å²) in [6, 6.07) is 4.90. The Morgan fingerprint density at radius 2 is 2.28 bits per heavy atom. The third-order valence-corrected chi connectivity index (χ3v) is 2.81. The number of carbonyl (C=O) groups is 1. The quantitative estimate of drug-likeness (QED) is 0.799. The van der Waals surface area contributed by atoms with Crippen molar-refractivity contribution in [3.8, 4) is 0 Å². The van der Waals surface area contributed by atoms with Crippen LogP contribution >= 0.6 is 11.6 Å². The molecule has 0 aromatic heterocycles. The standard InChI is InChI=1S/C13H18ClNO3/c1-3-4-10(8-18-2)15-12-6-5-9(14)7-11(12)13(16)17/h5-7,10,15H,3-4,8H2,1-2H3,(H,16,17). The van der Waals surface area contributed by atoms with Gasteiger partial charge in [0, 0.05) is 23.9 Å². The van der Waals surface area contributed by atoms with E-state index in [0.717, 1.165) is 12.8 Å². The Morgan fingerprint density at radius 3 is 2.83 bits per heavy atom. The van der Waals surface area contributed by atoms with Crippen LogP contribution < -0.4 is 5.32 Å². The second-order valence-corrected chi connectivity index (χ2v) is 4.52. The van der Waals surface area contributed by atoms with Crippen LogP contribution in [-0.4, -0.2) is 30.8 Å². The Morgan fingerprint density at radius 1 is 1.56 bits per heavy atom. The van der Waals surface area contributed by atoms with E-state index in [-0.39, 0.29) is 11.6 Å².